The molecule has 0 fully saturated rings. The highest BCUT2D eigenvalue weighted by atomic mass is 32.2. The van der Waals surface area contributed by atoms with Crippen molar-refractivity contribution >= 4 is 11.8 Å². The van der Waals surface area contributed by atoms with Gasteiger partial charge in [0, 0.05) is 30.5 Å². The molecule has 0 aromatic carbocycles. The molecular weight excluding hydrogens is 326 g/mol. The summed E-state index contributed by atoms with van der Waals surface area (Å²) in [6.07, 6.45) is 2.46. The fraction of sp³-hybridized carbons (Fsp3) is 0.375. The van der Waals surface area contributed by atoms with Gasteiger partial charge in [0.1, 0.15) is 10.8 Å². The molecule has 1 N–H and O–H groups in total. The zero-order chi connectivity index (χ0) is 16.9. The average Bonchev–Trinajstić information content (AvgIpc) is 3.22. The average molecular weight is 345 g/mol. The van der Waals surface area contributed by atoms with Crippen LogP contribution in [-0.2, 0) is 12.2 Å². The van der Waals surface area contributed by atoms with Crippen molar-refractivity contribution in [3.8, 4) is 11.5 Å². The van der Waals surface area contributed by atoms with E-state index in [1.165, 1.54) is 0 Å². The van der Waals surface area contributed by atoms with Crippen LogP contribution in [0.2, 0.25) is 0 Å². The lowest BCUT2D eigenvalue weighted by Crippen LogP contribution is -2.24. The zero-order valence-corrected chi connectivity index (χ0v) is 14.6. The van der Waals surface area contributed by atoms with E-state index in [2.05, 4.69) is 32.5 Å². The van der Waals surface area contributed by atoms with Gasteiger partial charge < -0.3 is 14.4 Å². The van der Waals surface area contributed by atoms with Crippen LogP contribution in [0.15, 0.2) is 38.5 Å². The molecule has 1 unspecified atom stereocenters. The molecule has 0 saturated carbocycles. The van der Waals surface area contributed by atoms with Gasteiger partial charge in [0.05, 0.1) is 11.3 Å². The maximum atomic E-state index is 5.42. The maximum Gasteiger partial charge on any atom is 0.260 e. The summed E-state index contributed by atoms with van der Waals surface area (Å²) in [6.45, 7) is 3.95. The van der Waals surface area contributed by atoms with Crippen molar-refractivity contribution in [3.63, 3.8) is 0 Å². The van der Waals surface area contributed by atoms with E-state index >= 15 is 0 Å². The van der Waals surface area contributed by atoms with Crippen molar-refractivity contribution < 1.29 is 9.05 Å². The van der Waals surface area contributed by atoms with E-state index in [-0.39, 0.29) is 6.04 Å². The van der Waals surface area contributed by atoms with Crippen LogP contribution in [-0.4, -0.2) is 33.4 Å². The van der Waals surface area contributed by atoms with Crippen LogP contribution in [0, 0.1) is 6.92 Å². The highest BCUT2D eigenvalue weighted by molar-refractivity contribution is 7.98. The third-order valence-corrected chi connectivity index (χ3v) is 4.52. The van der Waals surface area contributed by atoms with E-state index in [4.69, 9.17) is 9.05 Å². The highest BCUT2D eigenvalue weighted by Crippen LogP contribution is 2.30. The first-order chi connectivity index (χ1) is 11.7. The molecule has 0 aliphatic carbocycles. The zero-order valence-electron chi connectivity index (χ0n) is 13.8. The summed E-state index contributed by atoms with van der Waals surface area (Å²) in [5.74, 6) is 2.63. The smallest absolute Gasteiger partial charge is 0.260 e. The van der Waals surface area contributed by atoms with Gasteiger partial charge in [0.25, 0.3) is 5.89 Å². The van der Waals surface area contributed by atoms with Gasteiger partial charge in [-0.3, -0.25) is 0 Å². The lowest BCUT2D eigenvalue weighted by Gasteiger charge is -2.05. The largest absolute Gasteiger partial charge is 0.361 e. The fourth-order valence-corrected chi connectivity index (χ4v) is 2.99. The topological polar surface area (TPSA) is 89.9 Å². The molecule has 24 heavy (non-hydrogen) atoms. The number of aromatic nitrogens is 4. The highest BCUT2D eigenvalue weighted by Gasteiger charge is 2.16. The van der Waals surface area contributed by atoms with Crippen molar-refractivity contribution in [3.05, 3.63) is 41.7 Å². The van der Waals surface area contributed by atoms with Gasteiger partial charge in [-0.25, -0.2) is 4.98 Å². The summed E-state index contributed by atoms with van der Waals surface area (Å²) in [4.78, 5) is 8.91. The molecule has 1 atom stereocenters. The van der Waals surface area contributed by atoms with Crippen LogP contribution in [0.1, 0.15) is 24.2 Å². The monoisotopic (exact) mass is 345 g/mol. The summed E-state index contributed by atoms with van der Waals surface area (Å²) < 4.78 is 10.5. The van der Waals surface area contributed by atoms with Crippen LogP contribution < -0.4 is 5.32 Å². The van der Waals surface area contributed by atoms with Crippen molar-refractivity contribution in [2.75, 3.05) is 7.05 Å². The number of rotatable bonds is 7. The van der Waals surface area contributed by atoms with Gasteiger partial charge >= 0.3 is 0 Å². The molecule has 0 amide bonds. The summed E-state index contributed by atoms with van der Waals surface area (Å²) in [5.41, 5.74) is 1.71. The molecule has 0 saturated heterocycles. The summed E-state index contributed by atoms with van der Waals surface area (Å²) in [7, 11) is 1.91. The first-order valence-corrected chi connectivity index (χ1v) is 8.64. The summed E-state index contributed by atoms with van der Waals surface area (Å²) in [6, 6.07) is 6.00. The summed E-state index contributed by atoms with van der Waals surface area (Å²) >= 11 is 1.56. The predicted octanol–water partition coefficient (Wildman–Crippen LogP) is 2.87. The van der Waals surface area contributed by atoms with Crippen molar-refractivity contribution in [1.29, 1.82) is 0 Å². The molecule has 3 heterocycles. The Labute approximate surface area is 144 Å². The number of nitrogens with one attached hydrogen (secondary N) is 1. The quantitative estimate of drug-likeness (QED) is 0.654. The normalized spacial score (nSPS) is 12.5. The Morgan fingerprint density at radius 2 is 2.17 bits per heavy atom. The van der Waals surface area contributed by atoms with Crippen LogP contribution in [0.4, 0.5) is 0 Å². The van der Waals surface area contributed by atoms with Gasteiger partial charge in [-0.05, 0) is 33.0 Å². The van der Waals surface area contributed by atoms with Crippen molar-refractivity contribution in [1.82, 2.24) is 25.6 Å². The van der Waals surface area contributed by atoms with E-state index in [1.54, 1.807) is 18.0 Å². The van der Waals surface area contributed by atoms with Gasteiger partial charge in [0.15, 0.2) is 5.82 Å². The summed E-state index contributed by atoms with van der Waals surface area (Å²) in [5, 5.41) is 12.0. The number of nitrogens with zero attached hydrogens (tertiary/aromatic N) is 4. The van der Waals surface area contributed by atoms with Crippen molar-refractivity contribution in [2.24, 2.45) is 0 Å². The number of hydrogen-bond acceptors (Lipinski definition) is 8. The number of likely N-dealkylation sites (N-methyl/N-ethyl adjacent to an activating group) is 1. The molecule has 0 radical (unpaired) electrons. The number of hydrogen-bond donors (Lipinski definition) is 1. The van der Waals surface area contributed by atoms with Crippen LogP contribution in [0.5, 0.6) is 0 Å². The second kappa shape index (κ2) is 7.59. The Morgan fingerprint density at radius 1 is 1.29 bits per heavy atom. The Morgan fingerprint density at radius 3 is 2.92 bits per heavy atom. The lowest BCUT2D eigenvalue weighted by atomic mass is 10.2. The molecule has 126 valence electrons. The molecule has 3 aromatic heterocycles. The second-order valence-corrected chi connectivity index (χ2v) is 6.45. The molecule has 3 aromatic rings. The Balaban J connectivity index is 1.76. The third kappa shape index (κ3) is 4.01. The Kier molecular flexibility index (Phi) is 5.27. The van der Waals surface area contributed by atoms with E-state index in [1.807, 2.05) is 32.2 Å². The van der Waals surface area contributed by atoms with Crippen LogP contribution in [0.3, 0.4) is 0 Å². The van der Waals surface area contributed by atoms with E-state index in [0.29, 0.717) is 23.9 Å². The first-order valence-electron chi connectivity index (χ1n) is 7.66. The SMILES string of the molecule is CNC(C)Cc1noc(-c2cccnc2SCc2cc(C)on2)n1. The number of aryl methyl sites for hydroxylation is 1. The molecule has 3 rings (SSSR count). The van der Waals surface area contributed by atoms with Crippen LogP contribution in [0.25, 0.3) is 11.5 Å². The molecule has 8 heteroatoms. The maximum absolute atomic E-state index is 5.42. The van der Waals surface area contributed by atoms with E-state index in [0.717, 1.165) is 22.0 Å². The lowest BCUT2D eigenvalue weighted by molar-refractivity contribution is 0.393. The van der Waals surface area contributed by atoms with E-state index in [9.17, 15) is 0 Å². The Hall–Kier alpha value is -2.19. The predicted molar refractivity (Wildman–Crippen MR) is 90.6 cm³/mol. The molecule has 0 aliphatic rings. The number of pyridine rings is 1. The molecular formula is C16H19N5O2S. The van der Waals surface area contributed by atoms with Crippen molar-refractivity contribution in [2.45, 2.75) is 37.1 Å². The van der Waals surface area contributed by atoms with Gasteiger partial charge in [0.2, 0.25) is 0 Å². The molecule has 0 spiro atoms. The fourth-order valence-electron chi connectivity index (χ4n) is 2.12. The number of thioether (sulfide) groups is 1. The van der Waals surface area contributed by atoms with Gasteiger partial charge in [-0.1, -0.05) is 22.1 Å². The van der Waals surface area contributed by atoms with E-state index < -0.39 is 0 Å². The minimum absolute atomic E-state index is 0.286. The van der Waals surface area contributed by atoms with Crippen LogP contribution >= 0.6 is 11.8 Å². The molecule has 0 aliphatic heterocycles. The second-order valence-electron chi connectivity index (χ2n) is 5.48. The first kappa shape index (κ1) is 16.7. The standard InChI is InChI=1S/C16H19N5O2S/c1-10(17-3)7-14-19-15(23-21-14)13-5-4-6-18-16(13)24-9-12-8-11(2)22-20-12/h4-6,8,10,17H,7,9H2,1-3H3. The molecule has 7 nitrogen and oxygen atoms in total. The minimum Gasteiger partial charge on any atom is -0.361 e. The third-order valence-electron chi connectivity index (χ3n) is 3.48. The minimum atomic E-state index is 0.286. The Bertz CT molecular complexity index is 801. The van der Waals surface area contributed by atoms with Gasteiger partial charge in [-0.2, -0.15) is 4.98 Å². The molecule has 0 bridgehead atoms. The van der Waals surface area contributed by atoms with Gasteiger partial charge in [-0.15, -0.1) is 0 Å².